The molecule has 0 heterocycles. The van der Waals surface area contributed by atoms with Gasteiger partial charge in [-0.1, -0.05) is 95.3 Å². The van der Waals surface area contributed by atoms with E-state index in [0.717, 1.165) is 17.8 Å². The quantitative estimate of drug-likeness (QED) is 0.432. The smallest absolute Gasteiger partial charge is 0.0155 e. The Bertz CT molecular complexity index is 716. The molecule has 28 heavy (non-hydrogen) atoms. The zero-order valence-corrected chi connectivity index (χ0v) is 18.6. The summed E-state index contributed by atoms with van der Waals surface area (Å²) in [6, 6.07) is 16.6. The van der Waals surface area contributed by atoms with E-state index in [9.17, 15) is 0 Å². The molecule has 1 fully saturated rings. The molecule has 0 saturated heterocycles. The number of hydrogen-bond donors (Lipinski definition) is 0. The molecule has 1 aliphatic rings. The lowest BCUT2D eigenvalue weighted by Gasteiger charge is -2.26. The molecule has 0 bridgehead atoms. The molecule has 1 saturated carbocycles. The molecule has 0 nitrogen and oxygen atoms in total. The number of hydrogen-bond acceptors (Lipinski definition) is 0. The molecule has 0 amide bonds. The van der Waals surface area contributed by atoms with Crippen LogP contribution in [0.25, 0.3) is 11.1 Å². The van der Waals surface area contributed by atoms with Crippen LogP contribution in [-0.2, 0) is 6.42 Å². The van der Waals surface area contributed by atoms with Gasteiger partial charge in [-0.05, 0) is 78.2 Å². The van der Waals surface area contributed by atoms with Gasteiger partial charge < -0.3 is 0 Å². The summed E-state index contributed by atoms with van der Waals surface area (Å²) >= 11 is 0. The number of rotatable bonds is 8. The lowest BCUT2D eigenvalue weighted by atomic mass is 9.79. The molecule has 0 N–H and O–H groups in total. The van der Waals surface area contributed by atoms with Gasteiger partial charge in [0.25, 0.3) is 0 Å². The summed E-state index contributed by atoms with van der Waals surface area (Å²) < 4.78 is 0. The maximum Gasteiger partial charge on any atom is -0.0155 e. The fraction of sp³-hybridized carbons (Fsp3) is 0.571. The number of aryl methyl sites for hydroxylation is 2. The average Bonchev–Trinajstić information content (AvgIpc) is 2.69. The van der Waals surface area contributed by atoms with Gasteiger partial charge in [0.15, 0.2) is 0 Å². The Balaban J connectivity index is 1.60. The summed E-state index contributed by atoms with van der Waals surface area (Å²) in [4.78, 5) is 0. The topological polar surface area (TPSA) is 0 Å². The normalized spacial score (nSPS) is 20.9. The highest BCUT2D eigenvalue weighted by Gasteiger charge is 2.19. The van der Waals surface area contributed by atoms with Crippen LogP contribution < -0.4 is 0 Å². The molecule has 152 valence electrons. The van der Waals surface area contributed by atoms with Crippen LogP contribution in [0.1, 0.15) is 94.7 Å². The molecule has 1 atom stereocenters. The van der Waals surface area contributed by atoms with Gasteiger partial charge in [0.05, 0.1) is 0 Å². The van der Waals surface area contributed by atoms with Crippen molar-refractivity contribution in [3.63, 3.8) is 0 Å². The van der Waals surface area contributed by atoms with Crippen LogP contribution in [-0.4, -0.2) is 0 Å². The standard InChI is InChI=1S/C28H40/c1-5-7-21(2)8-6-9-24-12-19-28(23(4)20-24)27-17-15-26(16-18-27)25-13-10-22(3)11-14-25/h12,15-22,25H,5-11,13-14H2,1-4H3. The van der Waals surface area contributed by atoms with Crippen molar-refractivity contribution in [2.75, 3.05) is 0 Å². The van der Waals surface area contributed by atoms with Crippen molar-refractivity contribution >= 4 is 0 Å². The monoisotopic (exact) mass is 376 g/mol. The summed E-state index contributed by atoms with van der Waals surface area (Å²) in [6.07, 6.45) is 12.1. The van der Waals surface area contributed by atoms with E-state index in [-0.39, 0.29) is 0 Å². The molecule has 3 rings (SSSR count). The van der Waals surface area contributed by atoms with E-state index in [1.807, 2.05) is 0 Å². The molecule has 2 aromatic rings. The van der Waals surface area contributed by atoms with Crippen LogP contribution in [0.15, 0.2) is 42.5 Å². The van der Waals surface area contributed by atoms with Gasteiger partial charge in [-0.15, -0.1) is 0 Å². The van der Waals surface area contributed by atoms with Crippen LogP contribution in [0.4, 0.5) is 0 Å². The molecule has 2 aromatic carbocycles. The Morgan fingerprint density at radius 3 is 2.29 bits per heavy atom. The van der Waals surface area contributed by atoms with Gasteiger partial charge in [0.2, 0.25) is 0 Å². The van der Waals surface area contributed by atoms with Crippen LogP contribution in [0, 0.1) is 18.8 Å². The maximum atomic E-state index is 2.41. The fourth-order valence-corrected chi connectivity index (χ4v) is 5.03. The van der Waals surface area contributed by atoms with Crippen molar-refractivity contribution in [3.05, 3.63) is 59.2 Å². The van der Waals surface area contributed by atoms with Gasteiger partial charge >= 0.3 is 0 Å². The molecular formula is C28H40. The molecule has 0 heteroatoms. The first-order chi connectivity index (χ1) is 13.6. The van der Waals surface area contributed by atoms with Crippen molar-refractivity contribution in [1.29, 1.82) is 0 Å². The average molecular weight is 377 g/mol. The maximum absolute atomic E-state index is 2.41. The zero-order valence-electron chi connectivity index (χ0n) is 18.6. The second-order valence-corrected chi connectivity index (χ2v) is 9.51. The third-order valence-electron chi connectivity index (χ3n) is 6.94. The highest BCUT2D eigenvalue weighted by atomic mass is 14.2. The second-order valence-electron chi connectivity index (χ2n) is 9.51. The summed E-state index contributed by atoms with van der Waals surface area (Å²) in [5, 5.41) is 0. The summed E-state index contributed by atoms with van der Waals surface area (Å²) in [5.74, 6) is 2.58. The van der Waals surface area contributed by atoms with E-state index in [2.05, 4.69) is 70.2 Å². The van der Waals surface area contributed by atoms with Gasteiger partial charge in [0.1, 0.15) is 0 Å². The first-order valence-corrected chi connectivity index (χ1v) is 11.8. The summed E-state index contributed by atoms with van der Waals surface area (Å²) in [5.41, 5.74) is 7.22. The van der Waals surface area contributed by atoms with E-state index in [1.54, 1.807) is 5.56 Å². The molecule has 0 aliphatic heterocycles. The van der Waals surface area contributed by atoms with E-state index >= 15 is 0 Å². The van der Waals surface area contributed by atoms with E-state index in [4.69, 9.17) is 0 Å². The molecule has 1 aliphatic carbocycles. The van der Waals surface area contributed by atoms with Crippen molar-refractivity contribution in [2.24, 2.45) is 11.8 Å². The largest absolute Gasteiger partial charge is 0.0654 e. The second kappa shape index (κ2) is 10.3. The predicted molar refractivity (Wildman–Crippen MR) is 124 cm³/mol. The first kappa shape index (κ1) is 21.2. The van der Waals surface area contributed by atoms with Gasteiger partial charge in [-0.3, -0.25) is 0 Å². The highest BCUT2D eigenvalue weighted by molar-refractivity contribution is 5.68. The number of benzene rings is 2. The fourth-order valence-electron chi connectivity index (χ4n) is 5.03. The molecular weight excluding hydrogens is 336 g/mol. The lowest BCUT2D eigenvalue weighted by molar-refractivity contribution is 0.348. The van der Waals surface area contributed by atoms with E-state index < -0.39 is 0 Å². The Labute approximate surface area is 173 Å². The molecule has 0 aromatic heterocycles. The van der Waals surface area contributed by atoms with Gasteiger partial charge in [-0.25, -0.2) is 0 Å². The molecule has 0 radical (unpaired) electrons. The van der Waals surface area contributed by atoms with Crippen molar-refractivity contribution in [3.8, 4) is 11.1 Å². The van der Waals surface area contributed by atoms with Crippen molar-refractivity contribution in [1.82, 2.24) is 0 Å². The summed E-state index contributed by atoms with van der Waals surface area (Å²) in [7, 11) is 0. The van der Waals surface area contributed by atoms with Crippen LogP contribution >= 0.6 is 0 Å². The Kier molecular flexibility index (Phi) is 7.77. The van der Waals surface area contributed by atoms with Crippen LogP contribution in [0.2, 0.25) is 0 Å². The third kappa shape index (κ3) is 5.72. The van der Waals surface area contributed by atoms with E-state index in [0.29, 0.717) is 0 Å². The molecule has 0 spiro atoms. The first-order valence-electron chi connectivity index (χ1n) is 11.8. The van der Waals surface area contributed by atoms with Crippen LogP contribution in [0.5, 0.6) is 0 Å². The predicted octanol–water partition coefficient (Wildman–Crippen LogP) is 8.71. The SMILES string of the molecule is CCCC(C)CCCc1ccc(-c2ccc(C3CCC(C)CC3)cc2)c(C)c1. The summed E-state index contributed by atoms with van der Waals surface area (Å²) in [6.45, 7) is 9.36. The van der Waals surface area contributed by atoms with Crippen molar-refractivity contribution in [2.45, 2.75) is 91.4 Å². The minimum atomic E-state index is 0.781. The third-order valence-corrected chi connectivity index (χ3v) is 6.94. The Morgan fingerprint density at radius 1 is 0.929 bits per heavy atom. The zero-order chi connectivity index (χ0) is 19.9. The van der Waals surface area contributed by atoms with Crippen LogP contribution in [0.3, 0.4) is 0 Å². The van der Waals surface area contributed by atoms with Crippen molar-refractivity contribution < 1.29 is 0 Å². The molecule has 1 unspecified atom stereocenters. The van der Waals surface area contributed by atoms with Gasteiger partial charge in [0, 0.05) is 0 Å². The van der Waals surface area contributed by atoms with Gasteiger partial charge in [-0.2, -0.15) is 0 Å². The van der Waals surface area contributed by atoms with E-state index in [1.165, 1.54) is 80.0 Å². The minimum absolute atomic E-state index is 0.781. The Hall–Kier alpha value is -1.56. The highest BCUT2D eigenvalue weighted by Crippen LogP contribution is 2.36. The Morgan fingerprint density at radius 2 is 1.64 bits per heavy atom. The minimum Gasteiger partial charge on any atom is -0.0654 e. The lowest BCUT2D eigenvalue weighted by Crippen LogP contribution is -2.10.